The largest absolute Gasteiger partial charge is 0.496 e. The van der Waals surface area contributed by atoms with Crippen LogP contribution in [0.25, 0.3) is 0 Å². The van der Waals surface area contributed by atoms with Gasteiger partial charge in [0.05, 0.1) is 33.9 Å². The maximum absolute atomic E-state index is 12.6. The van der Waals surface area contributed by atoms with E-state index in [1.807, 2.05) is 22.6 Å². The van der Waals surface area contributed by atoms with Crippen molar-refractivity contribution in [2.45, 2.75) is 11.8 Å². The Kier molecular flexibility index (Phi) is 5.70. The van der Waals surface area contributed by atoms with Gasteiger partial charge in [0.15, 0.2) is 0 Å². The molecule has 0 radical (unpaired) electrons. The third-order valence-electron chi connectivity index (χ3n) is 3.42. The van der Waals surface area contributed by atoms with Crippen molar-refractivity contribution < 1.29 is 22.7 Å². The maximum Gasteiger partial charge on any atom is 0.338 e. The minimum atomic E-state index is -3.79. The van der Waals surface area contributed by atoms with Crippen molar-refractivity contribution >= 4 is 44.3 Å². The van der Waals surface area contributed by atoms with Gasteiger partial charge in [-0.15, -0.1) is 0 Å². The number of esters is 1. The number of rotatable bonds is 5. The second-order valence-electron chi connectivity index (χ2n) is 4.87. The highest BCUT2D eigenvalue weighted by Gasteiger charge is 2.19. The molecule has 0 aliphatic heterocycles. The first-order chi connectivity index (χ1) is 11.3. The molecule has 24 heavy (non-hydrogen) atoms. The summed E-state index contributed by atoms with van der Waals surface area (Å²) in [5, 5.41) is 0. The van der Waals surface area contributed by atoms with Crippen LogP contribution in [-0.2, 0) is 14.8 Å². The average molecular weight is 461 g/mol. The van der Waals surface area contributed by atoms with Crippen molar-refractivity contribution in [3.8, 4) is 5.75 Å². The molecule has 0 heterocycles. The van der Waals surface area contributed by atoms with E-state index in [2.05, 4.69) is 4.72 Å². The molecule has 2 aromatic carbocycles. The number of benzene rings is 2. The van der Waals surface area contributed by atoms with Crippen molar-refractivity contribution in [2.24, 2.45) is 0 Å². The van der Waals surface area contributed by atoms with E-state index < -0.39 is 16.0 Å². The summed E-state index contributed by atoms with van der Waals surface area (Å²) in [7, 11) is -1.000. The third kappa shape index (κ3) is 3.81. The van der Waals surface area contributed by atoms with Gasteiger partial charge in [0.25, 0.3) is 10.0 Å². The number of nitrogens with one attached hydrogen (secondary N) is 1. The fourth-order valence-electron chi connectivity index (χ4n) is 2.10. The van der Waals surface area contributed by atoms with Gasteiger partial charge in [-0.3, -0.25) is 4.72 Å². The number of hydrogen-bond donors (Lipinski definition) is 1. The van der Waals surface area contributed by atoms with Gasteiger partial charge in [0.1, 0.15) is 5.75 Å². The SMILES string of the molecule is COC(=O)c1cccc(NS(=O)(=O)c2ccc(OC)c(I)c2)c1C. The Hall–Kier alpha value is -1.81. The monoisotopic (exact) mass is 461 g/mol. The molecule has 0 fully saturated rings. The molecule has 0 aliphatic rings. The zero-order chi connectivity index (χ0) is 17.9. The van der Waals surface area contributed by atoms with Crippen molar-refractivity contribution in [1.29, 1.82) is 0 Å². The first-order valence-corrected chi connectivity index (χ1v) is 9.40. The lowest BCUT2D eigenvalue weighted by Gasteiger charge is -2.13. The minimum absolute atomic E-state index is 0.107. The summed E-state index contributed by atoms with van der Waals surface area (Å²) in [5.74, 6) is 0.0750. The number of halogens is 1. The molecule has 0 aromatic heterocycles. The normalized spacial score (nSPS) is 11.0. The fraction of sp³-hybridized carbons (Fsp3) is 0.188. The van der Waals surface area contributed by atoms with E-state index in [4.69, 9.17) is 9.47 Å². The van der Waals surface area contributed by atoms with E-state index in [1.54, 1.807) is 31.2 Å². The van der Waals surface area contributed by atoms with Crippen molar-refractivity contribution in [1.82, 2.24) is 0 Å². The first-order valence-electron chi connectivity index (χ1n) is 6.84. The van der Waals surface area contributed by atoms with E-state index >= 15 is 0 Å². The van der Waals surface area contributed by atoms with Crippen LogP contribution in [0.15, 0.2) is 41.3 Å². The Morgan fingerprint density at radius 2 is 1.88 bits per heavy atom. The summed E-state index contributed by atoms with van der Waals surface area (Å²) in [5.41, 5.74) is 1.13. The molecular formula is C16H16INO5S. The van der Waals surface area contributed by atoms with E-state index in [-0.39, 0.29) is 4.90 Å². The van der Waals surface area contributed by atoms with E-state index in [0.717, 1.165) is 0 Å². The molecule has 8 heteroatoms. The molecule has 0 bridgehead atoms. The summed E-state index contributed by atoms with van der Waals surface area (Å²) >= 11 is 2.00. The summed E-state index contributed by atoms with van der Waals surface area (Å²) in [6.45, 7) is 1.65. The van der Waals surface area contributed by atoms with Gasteiger partial charge in [-0.25, -0.2) is 13.2 Å². The molecule has 1 N–H and O–H groups in total. The highest BCUT2D eigenvalue weighted by Crippen LogP contribution is 2.27. The van der Waals surface area contributed by atoms with E-state index in [0.29, 0.717) is 26.1 Å². The van der Waals surface area contributed by atoms with Gasteiger partial charge in [0.2, 0.25) is 0 Å². The summed E-state index contributed by atoms with van der Waals surface area (Å²) < 4.78 is 38.2. The number of carbonyl (C=O) groups is 1. The van der Waals surface area contributed by atoms with Crippen LogP contribution in [0, 0.1) is 10.5 Å². The van der Waals surface area contributed by atoms with Crippen LogP contribution in [0.4, 0.5) is 5.69 Å². The van der Waals surface area contributed by atoms with Gasteiger partial charge >= 0.3 is 5.97 Å². The number of anilines is 1. The summed E-state index contributed by atoms with van der Waals surface area (Å²) in [4.78, 5) is 11.8. The number of hydrogen-bond acceptors (Lipinski definition) is 5. The van der Waals surface area contributed by atoms with Crippen LogP contribution < -0.4 is 9.46 Å². The summed E-state index contributed by atoms with van der Waals surface area (Å²) in [6.07, 6.45) is 0. The van der Waals surface area contributed by atoms with Gasteiger partial charge in [0, 0.05) is 0 Å². The van der Waals surface area contributed by atoms with E-state index in [1.165, 1.54) is 26.4 Å². The Balaban J connectivity index is 2.40. The van der Waals surface area contributed by atoms with Crippen LogP contribution >= 0.6 is 22.6 Å². The molecule has 128 valence electrons. The molecule has 6 nitrogen and oxygen atoms in total. The van der Waals surface area contributed by atoms with E-state index in [9.17, 15) is 13.2 Å². The standard InChI is InChI=1S/C16H16INO5S/c1-10-12(16(19)23-3)5-4-6-14(10)18-24(20,21)11-7-8-15(22-2)13(17)9-11/h4-9,18H,1-3H3. The minimum Gasteiger partial charge on any atom is -0.496 e. The van der Waals surface area contributed by atoms with Crippen LogP contribution in [0.5, 0.6) is 5.75 Å². The third-order valence-corrected chi connectivity index (χ3v) is 5.62. The van der Waals surface area contributed by atoms with Crippen LogP contribution in [0.3, 0.4) is 0 Å². The Bertz CT molecular complexity index is 880. The van der Waals surface area contributed by atoms with Crippen LogP contribution in [0.2, 0.25) is 0 Å². The topological polar surface area (TPSA) is 81.7 Å². The van der Waals surface area contributed by atoms with Crippen molar-refractivity contribution in [3.63, 3.8) is 0 Å². The highest BCUT2D eigenvalue weighted by atomic mass is 127. The highest BCUT2D eigenvalue weighted by molar-refractivity contribution is 14.1. The van der Waals surface area contributed by atoms with Gasteiger partial charge in [-0.1, -0.05) is 6.07 Å². The lowest BCUT2D eigenvalue weighted by atomic mass is 10.1. The first kappa shape index (κ1) is 18.5. The fourth-order valence-corrected chi connectivity index (χ4v) is 4.19. The Morgan fingerprint density at radius 3 is 2.46 bits per heavy atom. The van der Waals surface area contributed by atoms with Crippen LogP contribution in [0.1, 0.15) is 15.9 Å². The number of methoxy groups -OCH3 is 2. The second kappa shape index (κ2) is 7.39. The molecule has 0 saturated heterocycles. The molecule has 0 aliphatic carbocycles. The predicted octanol–water partition coefficient (Wildman–Crippen LogP) is 3.20. The predicted molar refractivity (Wildman–Crippen MR) is 99.0 cm³/mol. The molecule has 2 aromatic rings. The number of carbonyl (C=O) groups excluding carboxylic acids is 1. The molecular weight excluding hydrogens is 445 g/mol. The van der Waals surface area contributed by atoms with Crippen molar-refractivity contribution in [2.75, 3.05) is 18.9 Å². The molecule has 0 spiro atoms. The molecule has 0 atom stereocenters. The van der Waals surface area contributed by atoms with Crippen molar-refractivity contribution in [3.05, 3.63) is 51.1 Å². The Morgan fingerprint density at radius 1 is 1.17 bits per heavy atom. The number of sulfonamides is 1. The lowest BCUT2D eigenvalue weighted by molar-refractivity contribution is 0.0600. The Labute approximate surface area is 154 Å². The quantitative estimate of drug-likeness (QED) is 0.547. The smallest absolute Gasteiger partial charge is 0.338 e. The zero-order valence-corrected chi connectivity index (χ0v) is 16.3. The molecule has 0 saturated carbocycles. The lowest BCUT2D eigenvalue weighted by Crippen LogP contribution is -2.15. The van der Waals surface area contributed by atoms with Crippen LogP contribution in [-0.4, -0.2) is 28.6 Å². The zero-order valence-electron chi connectivity index (χ0n) is 13.3. The molecule has 2 rings (SSSR count). The summed E-state index contributed by atoms with van der Waals surface area (Å²) in [6, 6.07) is 9.33. The second-order valence-corrected chi connectivity index (χ2v) is 7.72. The number of ether oxygens (including phenoxy) is 2. The average Bonchev–Trinajstić information content (AvgIpc) is 2.55. The van der Waals surface area contributed by atoms with Gasteiger partial charge in [-0.2, -0.15) is 0 Å². The van der Waals surface area contributed by atoms with Gasteiger partial charge in [-0.05, 0) is 65.4 Å². The maximum atomic E-state index is 12.6. The van der Waals surface area contributed by atoms with Gasteiger partial charge < -0.3 is 9.47 Å². The molecule has 0 amide bonds. The molecule has 0 unspecified atom stereocenters.